The molecule has 1 fully saturated rings. The van der Waals surface area contributed by atoms with Crippen LogP contribution in [0.2, 0.25) is 0 Å². The summed E-state index contributed by atoms with van der Waals surface area (Å²) in [6, 6.07) is 13.5. The molecule has 5 rings (SSSR count). The molecule has 2 amide bonds. The lowest BCUT2D eigenvalue weighted by molar-refractivity contribution is 0.221. The smallest absolute Gasteiger partial charge is 0.321 e. The second-order valence-corrected chi connectivity index (χ2v) is 7.75. The van der Waals surface area contributed by atoms with Crippen LogP contribution in [0.25, 0.3) is 22.7 Å². The fourth-order valence-electron chi connectivity index (χ4n) is 4.01. The molecule has 152 valence electrons. The van der Waals surface area contributed by atoms with Gasteiger partial charge in [0.25, 0.3) is 0 Å². The summed E-state index contributed by atoms with van der Waals surface area (Å²) in [6.07, 6.45) is 4.24. The summed E-state index contributed by atoms with van der Waals surface area (Å²) in [4.78, 5) is 24.0. The van der Waals surface area contributed by atoms with Crippen molar-refractivity contribution in [3.8, 4) is 11.6 Å². The van der Waals surface area contributed by atoms with Crippen molar-refractivity contribution in [2.24, 2.45) is 0 Å². The maximum absolute atomic E-state index is 12.9. The Balaban J connectivity index is 1.40. The Bertz CT molecular complexity index is 1210. The number of furan rings is 1. The average Bonchev–Trinajstić information content (AvgIpc) is 3.49. The number of fused-ring (bicyclic) bond motifs is 1. The van der Waals surface area contributed by atoms with Gasteiger partial charge < -0.3 is 19.2 Å². The van der Waals surface area contributed by atoms with Crippen LogP contribution in [-0.2, 0) is 0 Å². The Kier molecular flexibility index (Phi) is 4.50. The summed E-state index contributed by atoms with van der Waals surface area (Å²) in [5, 5.41) is 3.03. The number of anilines is 1. The zero-order chi connectivity index (χ0) is 20.7. The minimum atomic E-state index is -0.0855. The summed E-state index contributed by atoms with van der Waals surface area (Å²) in [6.45, 7) is 5.37. The lowest BCUT2D eigenvalue weighted by atomic mass is 10.1. The van der Waals surface area contributed by atoms with E-state index < -0.39 is 0 Å². The molecule has 1 N–H and O–H groups in total. The number of rotatable bonds is 3. The van der Waals surface area contributed by atoms with Gasteiger partial charge >= 0.3 is 6.03 Å². The monoisotopic (exact) mass is 401 g/mol. The predicted octanol–water partition coefficient (Wildman–Crippen LogP) is 4.79. The first-order valence-electron chi connectivity index (χ1n) is 10.1. The van der Waals surface area contributed by atoms with Crippen LogP contribution in [0.3, 0.4) is 0 Å². The molecule has 1 unspecified atom stereocenters. The van der Waals surface area contributed by atoms with Crippen LogP contribution >= 0.6 is 0 Å². The number of likely N-dealkylation sites (tertiary alicyclic amines) is 1. The Hall–Kier alpha value is -3.61. The molecule has 1 aliphatic rings. The summed E-state index contributed by atoms with van der Waals surface area (Å²) < 4.78 is 7.73. The van der Waals surface area contributed by atoms with Gasteiger partial charge in [-0.05, 0) is 67.8 Å². The molecular formula is C23H23N5O2. The number of imidazole rings is 1. The molecule has 0 saturated carbocycles. The van der Waals surface area contributed by atoms with E-state index >= 15 is 0 Å². The van der Waals surface area contributed by atoms with E-state index in [2.05, 4.69) is 21.8 Å². The van der Waals surface area contributed by atoms with Crippen LogP contribution < -0.4 is 5.32 Å². The molecular weight excluding hydrogens is 378 g/mol. The number of benzene rings is 1. The van der Waals surface area contributed by atoms with Crippen molar-refractivity contribution in [2.75, 3.05) is 18.4 Å². The minimum absolute atomic E-state index is 0.0792. The normalized spacial score (nSPS) is 16.3. The SMILES string of the molecule is Cc1ccc(NC(=O)N2CCC(n3c(-c4ccco4)nc4cccnc43)C2)cc1C. The number of pyridine rings is 1. The summed E-state index contributed by atoms with van der Waals surface area (Å²) in [7, 11) is 0. The van der Waals surface area contributed by atoms with Crippen molar-refractivity contribution in [3.05, 3.63) is 66.1 Å². The van der Waals surface area contributed by atoms with Crippen LogP contribution in [0.15, 0.2) is 59.3 Å². The second kappa shape index (κ2) is 7.33. The van der Waals surface area contributed by atoms with Gasteiger partial charge in [-0.2, -0.15) is 0 Å². The predicted molar refractivity (Wildman–Crippen MR) is 115 cm³/mol. The quantitative estimate of drug-likeness (QED) is 0.536. The van der Waals surface area contributed by atoms with E-state index in [0.29, 0.717) is 18.8 Å². The highest BCUT2D eigenvalue weighted by molar-refractivity contribution is 5.89. The topological polar surface area (TPSA) is 76.2 Å². The Labute approximate surface area is 174 Å². The van der Waals surface area contributed by atoms with Crippen molar-refractivity contribution in [1.29, 1.82) is 0 Å². The fourth-order valence-corrected chi connectivity index (χ4v) is 4.01. The van der Waals surface area contributed by atoms with Crippen LogP contribution in [0.5, 0.6) is 0 Å². The van der Waals surface area contributed by atoms with Gasteiger partial charge in [0.05, 0.1) is 12.3 Å². The van der Waals surface area contributed by atoms with Gasteiger partial charge in [-0.25, -0.2) is 14.8 Å². The first-order valence-corrected chi connectivity index (χ1v) is 10.1. The van der Waals surface area contributed by atoms with Crippen LogP contribution in [0.1, 0.15) is 23.6 Å². The van der Waals surface area contributed by atoms with E-state index in [4.69, 9.17) is 9.40 Å². The molecule has 1 aliphatic heterocycles. The molecule has 4 aromatic rings. The fraction of sp³-hybridized carbons (Fsp3) is 0.261. The number of hydrogen-bond donors (Lipinski definition) is 1. The number of urea groups is 1. The third kappa shape index (κ3) is 3.22. The molecule has 0 aliphatic carbocycles. The van der Waals surface area contributed by atoms with E-state index in [9.17, 15) is 4.79 Å². The Morgan fingerprint density at radius 3 is 2.87 bits per heavy atom. The van der Waals surface area contributed by atoms with Gasteiger partial charge in [-0.3, -0.25) is 0 Å². The third-order valence-corrected chi connectivity index (χ3v) is 5.76. The maximum Gasteiger partial charge on any atom is 0.321 e. The van der Waals surface area contributed by atoms with Crippen molar-refractivity contribution in [2.45, 2.75) is 26.3 Å². The summed E-state index contributed by atoms with van der Waals surface area (Å²) in [5.41, 5.74) is 4.81. The van der Waals surface area contributed by atoms with Crippen LogP contribution in [-0.4, -0.2) is 38.6 Å². The highest BCUT2D eigenvalue weighted by Crippen LogP contribution is 2.32. The van der Waals surface area contributed by atoms with E-state index in [1.165, 1.54) is 5.56 Å². The van der Waals surface area contributed by atoms with Gasteiger partial charge in [-0.1, -0.05) is 6.07 Å². The third-order valence-electron chi connectivity index (χ3n) is 5.76. The number of nitrogens with zero attached hydrogens (tertiary/aromatic N) is 4. The van der Waals surface area contributed by atoms with Crippen molar-refractivity contribution >= 4 is 22.9 Å². The first-order chi connectivity index (χ1) is 14.6. The summed E-state index contributed by atoms with van der Waals surface area (Å²) >= 11 is 0. The molecule has 30 heavy (non-hydrogen) atoms. The van der Waals surface area contributed by atoms with E-state index in [1.54, 1.807) is 12.5 Å². The maximum atomic E-state index is 12.9. The number of hydrogen-bond acceptors (Lipinski definition) is 4. The lowest BCUT2D eigenvalue weighted by Crippen LogP contribution is -2.33. The molecule has 0 bridgehead atoms. The standard InChI is InChI=1S/C23H23N5O2/c1-15-7-8-17(13-16(15)2)25-23(29)27-11-9-18(14-27)28-21-19(5-3-10-24-21)26-22(28)20-6-4-12-30-20/h3-8,10,12-13,18H,9,11,14H2,1-2H3,(H,25,29). The highest BCUT2D eigenvalue weighted by atomic mass is 16.3. The zero-order valence-corrected chi connectivity index (χ0v) is 17.0. The molecule has 3 aromatic heterocycles. The molecule has 1 atom stereocenters. The Morgan fingerprint density at radius 2 is 2.07 bits per heavy atom. The lowest BCUT2D eigenvalue weighted by Gasteiger charge is -2.19. The van der Waals surface area contributed by atoms with Gasteiger partial charge in [0, 0.05) is 25.0 Å². The number of aryl methyl sites for hydroxylation is 2. The van der Waals surface area contributed by atoms with Gasteiger partial charge in [0.1, 0.15) is 5.52 Å². The molecule has 1 saturated heterocycles. The van der Waals surface area contributed by atoms with Crippen molar-refractivity contribution in [3.63, 3.8) is 0 Å². The average molecular weight is 401 g/mol. The molecule has 7 nitrogen and oxygen atoms in total. The van der Waals surface area contributed by atoms with Crippen LogP contribution in [0, 0.1) is 13.8 Å². The number of aromatic nitrogens is 3. The number of nitrogens with one attached hydrogen (secondary N) is 1. The van der Waals surface area contributed by atoms with Gasteiger partial charge in [0.2, 0.25) is 0 Å². The molecule has 0 radical (unpaired) electrons. The molecule has 4 heterocycles. The second-order valence-electron chi connectivity index (χ2n) is 7.75. The van der Waals surface area contributed by atoms with Gasteiger partial charge in [0.15, 0.2) is 17.2 Å². The van der Waals surface area contributed by atoms with Crippen LogP contribution in [0.4, 0.5) is 10.5 Å². The van der Waals surface area contributed by atoms with E-state index in [0.717, 1.165) is 34.7 Å². The summed E-state index contributed by atoms with van der Waals surface area (Å²) in [5.74, 6) is 1.45. The van der Waals surface area contributed by atoms with Crippen molar-refractivity contribution in [1.82, 2.24) is 19.4 Å². The number of amides is 2. The van der Waals surface area contributed by atoms with Crippen molar-refractivity contribution < 1.29 is 9.21 Å². The Morgan fingerprint density at radius 1 is 1.17 bits per heavy atom. The molecule has 7 heteroatoms. The first kappa shape index (κ1) is 18.4. The van der Waals surface area contributed by atoms with E-state index in [1.807, 2.05) is 54.3 Å². The highest BCUT2D eigenvalue weighted by Gasteiger charge is 2.31. The molecule has 1 aromatic carbocycles. The largest absolute Gasteiger partial charge is 0.461 e. The van der Waals surface area contributed by atoms with E-state index in [-0.39, 0.29) is 12.1 Å². The zero-order valence-electron chi connectivity index (χ0n) is 17.0. The molecule has 0 spiro atoms. The minimum Gasteiger partial charge on any atom is -0.461 e. The van der Waals surface area contributed by atoms with Gasteiger partial charge in [-0.15, -0.1) is 0 Å². The number of carbonyl (C=O) groups excluding carboxylic acids is 1. The number of carbonyl (C=O) groups is 1.